The zero-order valence-corrected chi connectivity index (χ0v) is 8.08. The van der Waals surface area contributed by atoms with Gasteiger partial charge in [0.15, 0.2) is 5.78 Å². The van der Waals surface area contributed by atoms with Crippen molar-refractivity contribution in [2.75, 3.05) is 7.11 Å². The molecule has 0 aromatic heterocycles. The molecule has 0 heterocycles. The lowest BCUT2D eigenvalue weighted by Crippen LogP contribution is -2.27. The highest BCUT2D eigenvalue weighted by Crippen LogP contribution is 2.22. The van der Waals surface area contributed by atoms with Crippen LogP contribution in [0.1, 0.15) is 17.3 Å². The Labute approximate surface area is 81.7 Å². The van der Waals surface area contributed by atoms with Crippen LogP contribution in [0.3, 0.4) is 0 Å². The Morgan fingerprint density at radius 3 is 2.71 bits per heavy atom. The van der Waals surface area contributed by atoms with Crippen LogP contribution in [0.2, 0.25) is 0 Å². The molecule has 1 atom stereocenters. The Balaban J connectivity index is 3.23. The van der Waals surface area contributed by atoms with E-state index in [9.17, 15) is 9.18 Å². The number of methoxy groups -OCH3 is 1. The van der Waals surface area contributed by atoms with Crippen LogP contribution in [0.25, 0.3) is 0 Å². The second kappa shape index (κ2) is 4.19. The summed E-state index contributed by atoms with van der Waals surface area (Å²) < 4.78 is 18.2. The number of hydrogen-bond donors (Lipinski definition) is 1. The molecule has 0 amide bonds. The Morgan fingerprint density at radius 1 is 1.57 bits per heavy atom. The molecule has 0 aliphatic carbocycles. The van der Waals surface area contributed by atoms with Crippen LogP contribution in [-0.4, -0.2) is 18.9 Å². The van der Waals surface area contributed by atoms with Crippen molar-refractivity contribution in [3.05, 3.63) is 29.6 Å². The maximum absolute atomic E-state index is 13.3. The van der Waals surface area contributed by atoms with Crippen molar-refractivity contribution >= 4 is 5.78 Å². The third-order valence-corrected chi connectivity index (χ3v) is 1.86. The first-order valence-electron chi connectivity index (χ1n) is 4.20. The first-order valence-corrected chi connectivity index (χ1v) is 4.20. The number of ketones is 1. The minimum absolute atomic E-state index is 0.0787. The number of carbonyl (C=O) groups excluding carboxylic acids is 1. The summed E-state index contributed by atoms with van der Waals surface area (Å²) in [5.41, 5.74) is 5.31. The molecule has 0 aliphatic rings. The smallest absolute Gasteiger partial charge is 0.185 e. The number of Topliss-reactive ketones (excluding diaryl/α,β-unsaturated/α-hetero) is 1. The van der Waals surface area contributed by atoms with Crippen molar-refractivity contribution < 1.29 is 13.9 Å². The minimum atomic E-state index is -0.735. The molecule has 1 aromatic rings. The molecule has 0 spiro atoms. The quantitative estimate of drug-likeness (QED) is 0.744. The van der Waals surface area contributed by atoms with E-state index in [-0.39, 0.29) is 11.3 Å². The normalized spacial score (nSPS) is 12.3. The van der Waals surface area contributed by atoms with Crippen LogP contribution < -0.4 is 10.5 Å². The molecular weight excluding hydrogens is 185 g/mol. The average molecular weight is 197 g/mol. The van der Waals surface area contributed by atoms with E-state index in [4.69, 9.17) is 10.5 Å². The number of nitrogens with two attached hydrogens (primary N) is 1. The molecule has 1 aromatic carbocycles. The average Bonchev–Trinajstić information content (AvgIpc) is 2.16. The minimum Gasteiger partial charge on any atom is -0.496 e. The Morgan fingerprint density at radius 2 is 2.21 bits per heavy atom. The third kappa shape index (κ3) is 1.90. The topological polar surface area (TPSA) is 52.3 Å². The SMILES string of the molecule is COc1cccc(F)c1C(=O)C(C)N. The molecule has 1 unspecified atom stereocenters. The summed E-state index contributed by atoms with van der Waals surface area (Å²) >= 11 is 0. The molecule has 4 heteroatoms. The standard InChI is InChI=1S/C10H12FNO2/c1-6(12)10(13)9-7(11)4-3-5-8(9)14-2/h3-6H,12H2,1-2H3. The van der Waals surface area contributed by atoms with Gasteiger partial charge in [-0.25, -0.2) is 4.39 Å². The second-order valence-corrected chi connectivity index (χ2v) is 2.97. The highest BCUT2D eigenvalue weighted by atomic mass is 19.1. The molecule has 0 saturated carbocycles. The summed E-state index contributed by atoms with van der Waals surface area (Å²) in [5, 5.41) is 0. The molecule has 3 nitrogen and oxygen atoms in total. The molecule has 0 aliphatic heterocycles. The Bertz CT molecular complexity index is 350. The number of carbonyl (C=O) groups is 1. The van der Waals surface area contributed by atoms with Crippen molar-refractivity contribution in [2.24, 2.45) is 5.73 Å². The summed E-state index contributed by atoms with van der Waals surface area (Å²) in [7, 11) is 1.38. The van der Waals surface area contributed by atoms with Crippen LogP contribution in [0.15, 0.2) is 18.2 Å². The molecule has 1 rings (SSSR count). The first kappa shape index (κ1) is 10.7. The van der Waals surface area contributed by atoms with Gasteiger partial charge in [0.1, 0.15) is 11.6 Å². The molecular formula is C10H12FNO2. The van der Waals surface area contributed by atoms with Crippen LogP contribution in [0, 0.1) is 5.82 Å². The fraction of sp³-hybridized carbons (Fsp3) is 0.300. The van der Waals surface area contributed by atoms with Crippen LogP contribution >= 0.6 is 0 Å². The van der Waals surface area contributed by atoms with E-state index in [0.29, 0.717) is 0 Å². The maximum atomic E-state index is 13.3. The fourth-order valence-electron chi connectivity index (χ4n) is 1.14. The van der Waals surface area contributed by atoms with E-state index < -0.39 is 17.6 Å². The Kier molecular flexibility index (Phi) is 3.19. The molecule has 0 fully saturated rings. The fourth-order valence-corrected chi connectivity index (χ4v) is 1.14. The number of rotatable bonds is 3. The predicted octanol–water partition coefficient (Wildman–Crippen LogP) is 1.36. The van der Waals surface area contributed by atoms with Gasteiger partial charge in [-0.3, -0.25) is 4.79 Å². The lowest BCUT2D eigenvalue weighted by atomic mass is 10.0. The highest BCUT2D eigenvalue weighted by Gasteiger charge is 2.19. The molecule has 0 saturated heterocycles. The predicted molar refractivity (Wildman–Crippen MR) is 50.9 cm³/mol. The monoisotopic (exact) mass is 197 g/mol. The van der Waals surface area contributed by atoms with E-state index >= 15 is 0 Å². The van der Waals surface area contributed by atoms with E-state index in [2.05, 4.69) is 0 Å². The highest BCUT2D eigenvalue weighted by molar-refractivity contribution is 6.02. The van der Waals surface area contributed by atoms with Gasteiger partial charge in [-0.05, 0) is 19.1 Å². The van der Waals surface area contributed by atoms with Crippen molar-refractivity contribution in [3.63, 3.8) is 0 Å². The van der Waals surface area contributed by atoms with Gasteiger partial charge in [0.05, 0.1) is 18.7 Å². The number of ether oxygens (including phenoxy) is 1. The molecule has 0 radical (unpaired) electrons. The van der Waals surface area contributed by atoms with Crippen molar-refractivity contribution in [1.29, 1.82) is 0 Å². The first-order chi connectivity index (χ1) is 6.57. The zero-order chi connectivity index (χ0) is 10.7. The summed E-state index contributed by atoms with van der Waals surface area (Å²) in [6, 6.07) is 3.48. The van der Waals surface area contributed by atoms with Crippen LogP contribution in [0.4, 0.5) is 4.39 Å². The summed E-state index contributed by atoms with van der Waals surface area (Å²) in [4.78, 5) is 11.5. The molecule has 76 valence electrons. The van der Waals surface area contributed by atoms with Crippen molar-refractivity contribution in [1.82, 2.24) is 0 Å². The van der Waals surface area contributed by atoms with E-state index in [1.54, 1.807) is 0 Å². The van der Waals surface area contributed by atoms with Gasteiger partial charge in [0, 0.05) is 0 Å². The largest absolute Gasteiger partial charge is 0.496 e. The van der Waals surface area contributed by atoms with E-state index in [0.717, 1.165) is 0 Å². The summed E-state index contributed by atoms with van der Waals surface area (Å²) in [5.74, 6) is -0.848. The third-order valence-electron chi connectivity index (χ3n) is 1.86. The Hall–Kier alpha value is -1.42. The van der Waals surface area contributed by atoms with Gasteiger partial charge in [-0.15, -0.1) is 0 Å². The number of halogens is 1. The van der Waals surface area contributed by atoms with Gasteiger partial charge in [-0.2, -0.15) is 0 Å². The van der Waals surface area contributed by atoms with Gasteiger partial charge in [0.25, 0.3) is 0 Å². The van der Waals surface area contributed by atoms with Gasteiger partial charge >= 0.3 is 0 Å². The molecule has 0 bridgehead atoms. The van der Waals surface area contributed by atoms with Crippen LogP contribution in [0.5, 0.6) is 5.75 Å². The van der Waals surface area contributed by atoms with Gasteiger partial charge in [-0.1, -0.05) is 6.07 Å². The molecule has 14 heavy (non-hydrogen) atoms. The summed E-state index contributed by atoms with van der Waals surface area (Å²) in [6.07, 6.45) is 0. The maximum Gasteiger partial charge on any atom is 0.185 e. The van der Waals surface area contributed by atoms with Gasteiger partial charge < -0.3 is 10.5 Å². The van der Waals surface area contributed by atoms with Crippen LogP contribution in [-0.2, 0) is 0 Å². The number of benzene rings is 1. The number of hydrogen-bond acceptors (Lipinski definition) is 3. The lowest BCUT2D eigenvalue weighted by molar-refractivity contribution is 0.0960. The lowest BCUT2D eigenvalue weighted by Gasteiger charge is -2.10. The second-order valence-electron chi connectivity index (χ2n) is 2.97. The van der Waals surface area contributed by atoms with E-state index in [1.807, 2.05) is 0 Å². The van der Waals surface area contributed by atoms with Crippen molar-refractivity contribution in [3.8, 4) is 5.75 Å². The van der Waals surface area contributed by atoms with E-state index in [1.165, 1.54) is 32.2 Å². The molecule has 2 N–H and O–H groups in total. The zero-order valence-electron chi connectivity index (χ0n) is 8.08. The van der Waals surface area contributed by atoms with Crippen molar-refractivity contribution in [2.45, 2.75) is 13.0 Å². The van der Waals surface area contributed by atoms with Gasteiger partial charge in [0.2, 0.25) is 0 Å². The summed E-state index contributed by atoms with van der Waals surface area (Å²) in [6.45, 7) is 1.51.